The van der Waals surface area contributed by atoms with Crippen molar-refractivity contribution in [2.75, 3.05) is 38.1 Å². The maximum Gasteiger partial charge on any atom is 0.192 e. The van der Waals surface area contributed by atoms with Gasteiger partial charge in [0.1, 0.15) is 5.52 Å². The first-order valence-corrected chi connectivity index (χ1v) is 10.2. The molecular formula is C23H23N5O. The van der Waals surface area contributed by atoms with Crippen LogP contribution in [0.3, 0.4) is 0 Å². The van der Waals surface area contributed by atoms with Gasteiger partial charge in [0.25, 0.3) is 0 Å². The van der Waals surface area contributed by atoms with Crippen LogP contribution in [-0.2, 0) is 0 Å². The van der Waals surface area contributed by atoms with Crippen molar-refractivity contribution in [3.05, 3.63) is 48.5 Å². The minimum absolute atomic E-state index is 0.680. The summed E-state index contributed by atoms with van der Waals surface area (Å²) in [6, 6.07) is 12.3. The van der Waals surface area contributed by atoms with Crippen LogP contribution in [0.5, 0.6) is 0 Å². The number of likely N-dealkylation sites (tertiary alicyclic amines) is 1. The summed E-state index contributed by atoms with van der Waals surface area (Å²) in [6.07, 6.45) is 2.00. The molecule has 146 valence electrons. The number of aryl methyl sites for hydroxylation is 1. The summed E-state index contributed by atoms with van der Waals surface area (Å²) in [6.45, 7) is 6.50. The van der Waals surface area contributed by atoms with Gasteiger partial charge in [-0.3, -0.25) is 4.98 Å². The highest BCUT2D eigenvalue weighted by Crippen LogP contribution is 2.34. The first-order chi connectivity index (χ1) is 14.1. The van der Waals surface area contributed by atoms with Crippen molar-refractivity contribution in [1.29, 1.82) is 0 Å². The molecule has 4 aromatic rings. The Morgan fingerprint density at radius 2 is 1.72 bits per heavy atom. The summed E-state index contributed by atoms with van der Waals surface area (Å²) in [7, 11) is 2.23. The molecule has 6 heteroatoms. The van der Waals surface area contributed by atoms with Crippen LogP contribution in [0.1, 0.15) is 5.89 Å². The van der Waals surface area contributed by atoms with Gasteiger partial charge in [-0.15, -0.1) is 0 Å². The van der Waals surface area contributed by atoms with Crippen LogP contribution >= 0.6 is 0 Å². The Kier molecular flexibility index (Phi) is 3.65. The van der Waals surface area contributed by atoms with Gasteiger partial charge in [0.15, 0.2) is 11.5 Å². The zero-order chi connectivity index (χ0) is 19.5. The van der Waals surface area contributed by atoms with Crippen molar-refractivity contribution in [3.8, 4) is 11.3 Å². The Bertz CT molecular complexity index is 1220. The normalized spacial score (nSPS) is 22.1. The Balaban J connectivity index is 1.34. The molecule has 2 aliphatic heterocycles. The van der Waals surface area contributed by atoms with Gasteiger partial charge < -0.3 is 14.2 Å². The second-order valence-corrected chi connectivity index (χ2v) is 8.49. The molecule has 0 aliphatic carbocycles. The average Bonchev–Trinajstić information content (AvgIpc) is 3.37. The Hall–Kier alpha value is -2.99. The van der Waals surface area contributed by atoms with Crippen LogP contribution in [0.4, 0.5) is 5.69 Å². The van der Waals surface area contributed by atoms with Gasteiger partial charge in [0.2, 0.25) is 0 Å². The number of nitrogens with zero attached hydrogens (tertiary/aromatic N) is 5. The van der Waals surface area contributed by atoms with E-state index < -0.39 is 0 Å². The third kappa shape index (κ3) is 2.86. The minimum Gasteiger partial charge on any atom is -0.441 e. The van der Waals surface area contributed by atoms with E-state index in [1.54, 1.807) is 0 Å². The number of anilines is 1. The number of hydrogen-bond acceptors (Lipinski definition) is 6. The molecule has 2 atom stereocenters. The molecule has 0 amide bonds. The van der Waals surface area contributed by atoms with Crippen molar-refractivity contribution in [3.63, 3.8) is 0 Å². The molecule has 0 spiro atoms. The summed E-state index contributed by atoms with van der Waals surface area (Å²) in [4.78, 5) is 19.0. The molecule has 2 aliphatic rings. The fraction of sp³-hybridized carbons (Fsp3) is 0.348. The summed E-state index contributed by atoms with van der Waals surface area (Å²) in [5.41, 5.74) is 6.68. The molecule has 1 aromatic carbocycles. The Labute approximate surface area is 169 Å². The van der Waals surface area contributed by atoms with Crippen LogP contribution in [0.2, 0.25) is 0 Å². The lowest BCUT2D eigenvalue weighted by atomic mass is 10.0. The van der Waals surface area contributed by atoms with Gasteiger partial charge in [-0.05, 0) is 55.3 Å². The summed E-state index contributed by atoms with van der Waals surface area (Å²) < 4.78 is 5.59. The molecular weight excluding hydrogens is 362 g/mol. The van der Waals surface area contributed by atoms with Gasteiger partial charge in [0, 0.05) is 38.7 Å². The fourth-order valence-electron chi connectivity index (χ4n) is 4.97. The highest BCUT2D eigenvalue weighted by atomic mass is 16.3. The molecule has 0 radical (unpaired) electrons. The monoisotopic (exact) mass is 385 g/mol. The van der Waals surface area contributed by atoms with E-state index in [1.807, 2.05) is 43.5 Å². The molecule has 0 N–H and O–H groups in total. The summed E-state index contributed by atoms with van der Waals surface area (Å²) in [5.74, 6) is 2.22. The van der Waals surface area contributed by atoms with E-state index in [9.17, 15) is 0 Å². The van der Waals surface area contributed by atoms with E-state index >= 15 is 0 Å². The predicted octanol–water partition coefficient (Wildman–Crippen LogP) is 3.74. The lowest BCUT2D eigenvalue weighted by Gasteiger charge is -2.21. The van der Waals surface area contributed by atoms with Crippen LogP contribution < -0.4 is 4.90 Å². The van der Waals surface area contributed by atoms with Gasteiger partial charge in [-0.2, -0.15) is 0 Å². The second-order valence-electron chi connectivity index (χ2n) is 8.49. The number of benzene rings is 1. The first-order valence-electron chi connectivity index (χ1n) is 10.2. The van der Waals surface area contributed by atoms with Gasteiger partial charge in [0.05, 0.1) is 28.6 Å². The van der Waals surface area contributed by atoms with Gasteiger partial charge in [-0.25, -0.2) is 9.97 Å². The van der Waals surface area contributed by atoms with Crippen molar-refractivity contribution in [2.45, 2.75) is 6.92 Å². The molecule has 6 nitrogen and oxygen atoms in total. The SMILES string of the molecule is Cc1nc2cc(-c3ccc4ncc(N5CC6CN(C)CC6C5)cc4n3)ccc2o1. The molecule has 29 heavy (non-hydrogen) atoms. The third-order valence-electron chi connectivity index (χ3n) is 6.35. The Morgan fingerprint density at radius 3 is 2.55 bits per heavy atom. The molecule has 0 saturated carbocycles. The van der Waals surface area contributed by atoms with Crippen LogP contribution in [0.15, 0.2) is 47.0 Å². The lowest BCUT2D eigenvalue weighted by Crippen LogP contribution is -2.26. The van der Waals surface area contributed by atoms with Gasteiger partial charge >= 0.3 is 0 Å². The molecule has 2 unspecified atom stereocenters. The molecule has 6 rings (SSSR count). The molecule has 0 bridgehead atoms. The number of rotatable bonds is 2. The number of oxazole rings is 1. The lowest BCUT2D eigenvalue weighted by molar-refractivity contribution is 0.387. The van der Waals surface area contributed by atoms with E-state index in [2.05, 4.69) is 32.9 Å². The van der Waals surface area contributed by atoms with Gasteiger partial charge in [-0.1, -0.05) is 0 Å². The van der Waals surface area contributed by atoms with Crippen LogP contribution in [0.25, 0.3) is 33.4 Å². The highest BCUT2D eigenvalue weighted by Gasteiger charge is 2.38. The van der Waals surface area contributed by atoms with Crippen molar-refractivity contribution >= 4 is 27.8 Å². The maximum atomic E-state index is 5.59. The van der Waals surface area contributed by atoms with Crippen molar-refractivity contribution < 1.29 is 4.42 Å². The quantitative estimate of drug-likeness (QED) is 0.524. The first kappa shape index (κ1) is 16.9. The average molecular weight is 385 g/mol. The number of fused-ring (bicyclic) bond motifs is 3. The molecule has 3 aromatic heterocycles. The minimum atomic E-state index is 0.680. The number of aromatic nitrogens is 3. The third-order valence-corrected chi connectivity index (χ3v) is 6.35. The van der Waals surface area contributed by atoms with E-state index in [1.165, 1.54) is 18.8 Å². The fourth-order valence-corrected chi connectivity index (χ4v) is 4.97. The standard InChI is InChI=1S/C23H23N5O/c1-14-25-22-7-15(3-6-23(22)29-14)19-4-5-20-21(26-19)8-18(9-24-20)28-12-16-10-27(2)11-17(16)13-28/h3-9,16-17H,10-13H2,1-2H3. The second kappa shape index (κ2) is 6.26. The number of hydrogen-bond donors (Lipinski definition) is 0. The van der Waals surface area contributed by atoms with Crippen molar-refractivity contribution in [2.24, 2.45) is 11.8 Å². The van der Waals surface area contributed by atoms with Crippen molar-refractivity contribution in [1.82, 2.24) is 19.9 Å². The largest absolute Gasteiger partial charge is 0.441 e. The Morgan fingerprint density at radius 1 is 0.897 bits per heavy atom. The van der Waals surface area contributed by atoms with E-state index in [0.717, 1.165) is 58.3 Å². The summed E-state index contributed by atoms with van der Waals surface area (Å²) in [5, 5.41) is 0. The predicted molar refractivity (Wildman–Crippen MR) is 114 cm³/mol. The molecule has 2 fully saturated rings. The summed E-state index contributed by atoms with van der Waals surface area (Å²) >= 11 is 0. The zero-order valence-electron chi connectivity index (χ0n) is 16.7. The smallest absolute Gasteiger partial charge is 0.192 e. The van der Waals surface area contributed by atoms with E-state index in [0.29, 0.717) is 5.89 Å². The van der Waals surface area contributed by atoms with Crippen LogP contribution in [-0.4, -0.2) is 53.1 Å². The number of pyridine rings is 2. The molecule has 5 heterocycles. The highest BCUT2D eigenvalue weighted by molar-refractivity contribution is 5.84. The van der Waals surface area contributed by atoms with E-state index in [4.69, 9.17) is 9.40 Å². The van der Waals surface area contributed by atoms with Crippen LogP contribution in [0, 0.1) is 18.8 Å². The topological polar surface area (TPSA) is 58.3 Å². The maximum absolute atomic E-state index is 5.59. The zero-order valence-corrected chi connectivity index (χ0v) is 16.7. The molecule has 2 saturated heterocycles. The van der Waals surface area contributed by atoms with E-state index in [-0.39, 0.29) is 0 Å².